The first kappa shape index (κ1) is 21.5. The molecule has 3 aromatic rings. The van der Waals surface area contributed by atoms with Crippen LogP contribution < -0.4 is 5.32 Å². The van der Waals surface area contributed by atoms with Crippen molar-refractivity contribution in [2.75, 3.05) is 17.7 Å². The quantitative estimate of drug-likeness (QED) is 0.576. The van der Waals surface area contributed by atoms with Gasteiger partial charge in [-0.2, -0.15) is 5.10 Å². The Kier molecular flexibility index (Phi) is 6.84. The topological polar surface area (TPSA) is 67.2 Å². The number of hydrogen-bond donors (Lipinski definition) is 1. The third kappa shape index (κ3) is 5.04. The molecule has 2 aromatic carbocycles. The maximum absolute atomic E-state index is 13.4. The second kappa shape index (κ2) is 9.54. The molecule has 1 N–H and O–H groups in total. The number of carbonyl (C=O) groups is 2. The molecule has 0 radical (unpaired) electrons. The summed E-state index contributed by atoms with van der Waals surface area (Å²) in [6.07, 6.45) is 0. The van der Waals surface area contributed by atoms with E-state index in [2.05, 4.69) is 10.4 Å². The molecule has 0 aliphatic carbocycles. The lowest BCUT2D eigenvalue weighted by Gasteiger charge is -2.25. The van der Waals surface area contributed by atoms with Crippen LogP contribution in [0.5, 0.6) is 0 Å². The number of aromatic nitrogens is 2. The Morgan fingerprint density at radius 1 is 1.13 bits per heavy atom. The highest BCUT2D eigenvalue weighted by molar-refractivity contribution is 6.27. The minimum atomic E-state index is -0.384. The van der Waals surface area contributed by atoms with Gasteiger partial charge in [0.2, 0.25) is 11.8 Å². The molecular weight excluding hydrogens is 407 g/mol. The van der Waals surface area contributed by atoms with Crippen LogP contribution in [0.15, 0.2) is 60.7 Å². The van der Waals surface area contributed by atoms with E-state index in [1.807, 2.05) is 44.2 Å². The van der Waals surface area contributed by atoms with Gasteiger partial charge < -0.3 is 10.2 Å². The molecule has 1 heterocycles. The number of benzene rings is 2. The summed E-state index contributed by atoms with van der Waals surface area (Å²) in [6, 6.07) is 16.8. The van der Waals surface area contributed by atoms with Gasteiger partial charge in [0.15, 0.2) is 0 Å². The standard InChI is InChI=1S/C22H22ClFN4O2/c1-15(2)27(22(30)13-23)14-21(29)25-20-12-19(16-6-4-3-5-7-16)26-28(20)18-10-8-17(24)9-11-18/h3-12,15H,13-14H2,1-2H3,(H,25,29). The maximum Gasteiger partial charge on any atom is 0.245 e. The summed E-state index contributed by atoms with van der Waals surface area (Å²) in [4.78, 5) is 26.1. The fraction of sp³-hybridized carbons (Fsp3) is 0.227. The Balaban J connectivity index is 1.92. The molecule has 0 fully saturated rings. The summed E-state index contributed by atoms with van der Waals surface area (Å²) in [7, 11) is 0. The number of amides is 2. The van der Waals surface area contributed by atoms with Gasteiger partial charge in [0, 0.05) is 17.7 Å². The Bertz CT molecular complexity index is 1020. The van der Waals surface area contributed by atoms with Crippen molar-refractivity contribution in [1.82, 2.24) is 14.7 Å². The first-order valence-corrected chi connectivity index (χ1v) is 9.99. The number of anilines is 1. The minimum Gasteiger partial charge on any atom is -0.330 e. The van der Waals surface area contributed by atoms with Crippen LogP contribution in [0.1, 0.15) is 13.8 Å². The number of nitrogens with zero attached hydrogens (tertiary/aromatic N) is 3. The van der Waals surface area contributed by atoms with E-state index in [-0.39, 0.29) is 36.1 Å². The molecule has 0 atom stereocenters. The van der Waals surface area contributed by atoms with Crippen molar-refractivity contribution in [1.29, 1.82) is 0 Å². The van der Waals surface area contributed by atoms with Crippen molar-refractivity contribution in [3.8, 4) is 16.9 Å². The van der Waals surface area contributed by atoms with Crippen molar-refractivity contribution < 1.29 is 14.0 Å². The summed E-state index contributed by atoms with van der Waals surface area (Å²) < 4.78 is 14.9. The van der Waals surface area contributed by atoms with Crippen LogP contribution in [0.4, 0.5) is 10.2 Å². The first-order chi connectivity index (χ1) is 14.4. The Morgan fingerprint density at radius 2 is 1.80 bits per heavy atom. The molecule has 156 valence electrons. The minimum absolute atomic E-state index is 0.140. The van der Waals surface area contributed by atoms with Crippen LogP contribution in [0.3, 0.4) is 0 Å². The molecule has 1 aromatic heterocycles. The molecule has 30 heavy (non-hydrogen) atoms. The fourth-order valence-corrected chi connectivity index (χ4v) is 3.13. The fourth-order valence-electron chi connectivity index (χ4n) is 2.97. The number of carbonyl (C=O) groups excluding carboxylic acids is 2. The van der Waals surface area contributed by atoms with Gasteiger partial charge in [-0.05, 0) is 38.1 Å². The summed E-state index contributed by atoms with van der Waals surface area (Å²) in [5.74, 6) is -0.861. The van der Waals surface area contributed by atoms with E-state index in [0.29, 0.717) is 17.2 Å². The predicted molar refractivity (Wildman–Crippen MR) is 115 cm³/mol. The van der Waals surface area contributed by atoms with Gasteiger partial charge in [-0.3, -0.25) is 9.59 Å². The highest BCUT2D eigenvalue weighted by Crippen LogP contribution is 2.25. The van der Waals surface area contributed by atoms with Gasteiger partial charge in [0.25, 0.3) is 0 Å². The third-order valence-corrected chi connectivity index (χ3v) is 4.72. The van der Waals surface area contributed by atoms with Gasteiger partial charge >= 0.3 is 0 Å². The van der Waals surface area contributed by atoms with Crippen molar-refractivity contribution in [3.05, 3.63) is 66.5 Å². The molecule has 8 heteroatoms. The Labute approximate surface area is 179 Å². The van der Waals surface area contributed by atoms with E-state index in [1.165, 1.54) is 21.7 Å². The second-order valence-electron chi connectivity index (χ2n) is 6.97. The van der Waals surface area contributed by atoms with Crippen LogP contribution >= 0.6 is 11.6 Å². The molecule has 6 nitrogen and oxygen atoms in total. The van der Waals surface area contributed by atoms with Crippen LogP contribution in [0.2, 0.25) is 0 Å². The number of hydrogen-bond acceptors (Lipinski definition) is 3. The van der Waals surface area contributed by atoms with Gasteiger partial charge in [-0.25, -0.2) is 9.07 Å². The van der Waals surface area contributed by atoms with E-state index in [0.717, 1.165) is 5.56 Å². The van der Waals surface area contributed by atoms with E-state index in [4.69, 9.17) is 11.6 Å². The first-order valence-electron chi connectivity index (χ1n) is 9.45. The normalized spacial score (nSPS) is 10.8. The summed E-state index contributed by atoms with van der Waals surface area (Å²) in [5.41, 5.74) is 2.11. The molecule has 0 saturated carbocycles. The molecule has 0 spiro atoms. The predicted octanol–water partition coefficient (Wildman–Crippen LogP) is 4.09. The van der Waals surface area contributed by atoms with E-state index < -0.39 is 0 Å². The zero-order chi connectivity index (χ0) is 21.7. The number of nitrogens with one attached hydrogen (secondary N) is 1. The molecule has 0 aliphatic heterocycles. The summed E-state index contributed by atoms with van der Waals surface area (Å²) in [5, 5.41) is 7.39. The largest absolute Gasteiger partial charge is 0.330 e. The highest BCUT2D eigenvalue weighted by atomic mass is 35.5. The van der Waals surface area contributed by atoms with E-state index >= 15 is 0 Å². The maximum atomic E-state index is 13.4. The van der Waals surface area contributed by atoms with Crippen LogP contribution in [-0.4, -0.2) is 45.0 Å². The number of halogens is 2. The zero-order valence-electron chi connectivity index (χ0n) is 16.7. The lowest BCUT2D eigenvalue weighted by atomic mass is 10.1. The average Bonchev–Trinajstić information content (AvgIpc) is 3.16. The molecule has 0 saturated heterocycles. The highest BCUT2D eigenvalue weighted by Gasteiger charge is 2.21. The summed E-state index contributed by atoms with van der Waals surface area (Å²) in [6.45, 7) is 3.49. The van der Waals surface area contributed by atoms with Crippen molar-refractivity contribution in [2.45, 2.75) is 19.9 Å². The molecule has 0 bridgehead atoms. The SMILES string of the molecule is CC(C)N(CC(=O)Nc1cc(-c2ccccc2)nn1-c1ccc(F)cc1)C(=O)CCl. The van der Waals surface area contributed by atoms with Gasteiger partial charge in [-0.1, -0.05) is 30.3 Å². The van der Waals surface area contributed by atoms with E-state index in [9.17, 15) is 14.0 Å². The van der Waals surface area contributed by atoms with Gasteiger partial charge in [-0.15, -0.1) is 11.6 Å². The van der Waals surface area contributed by atoms with Crippen molar-refractivity contribution in [3.63, 3.8) is 0 Å². The summed E-state index contributed by atoms with van der Waals surface area (Å²) >= 11 is 5.66. The van der Waals surface area contributed by atoms with Gasteiger partial charge in [0.05, 0.1) is 11.4 Å². The van der Waals surface area contributed by atoms with Crippen molar-refractivity contribution in [2.24, 2.45) is 0 Å². The number of alkyl halides is 1. The monoisotopic (exact) mass is 428 g/mol. The van der Waals surface area contributed by atoms with Crippen LogP contribution in [-0.2, 0) is 9.59 Å². The second-order valence-corrected chi connectivity index (χ2v) is 7.23. The lowest BCUT2D eigenvalue weighted by Crippen LogP contribution is -2.43. The van der Waals surface area contributed by atoms with Gasteiger partial charge in [0.1, 0.15) is 24.1 Å². The average molecular weight is 429 g/mol. The van der Waals surface area contributed by atoms with Crippen molar-refractivity contribution >= 4 is 29.2 Å². The zero-order valence-corrected chi connectivity index (χ0v) is 17.4. The molecule has 0 aliphatic rings. The number of rotatable bonds is 7. The Morgan fingerprint density at radius 3 is 2.40 bits per heavy atom. The van der Waals surface area contributed by atoms with Crippen LogP contribution in [0, 0.1) is 5.82 Å². The molecule has 2 amide bonds. The lowest BCUT2D eigenvalue weighted by molar-refractivity contribution is -0.134. The molecular formula is C22H22ClFN4O2. The third-order valence-electron chi connectivity index (χ3n) is 4.49. The smallest absolute Gasteiger partial charge is 0.245 e. The Hall–Kier alpha value is -3.19. The van der Waals surface area contributed by atoms with E-state index in [1.54, 1.807) is 18.2 Å². The molecule has 3 rings (SSSR count). The molecule has 0 unspecified atom stereocenters. The van der Waals surface area contributed by atoms with Crippen LogP contribution in [0.25, 0.3) is 16.9 Å².